The number of esters is 1. The molecule has 11 atom stereocenters. The Bertz CT molecular complexity index is 1690. The van der Waals surface area contributed by atoms with Crippen LogP contribution >= 0.6 is 0 Å². The smallest absolute Gasteiger partial charge is 0.306 e. The summed E-state index contributed by atoms with van der Waals surface area (Å²) < 4.78 is 34.4. The molecule has 0 aromatic carbocycles. The van der Waals surface area contributed by atoms with E-state index in [2.05, 4.69) is 123 Å². The molecule has 14 heteroatoms. The van der Waals surface area contributed by atoms with Crippen LogP contribution in [0.2, 0.25) is 0 Å². The lowest BCUT2D eigenvalue weighted by Gasteiger charge is -2.42. The highest BCUT2D eigenvalue weighted by Crippen LogP contribution is 2.26. The van der Waals surface area contributed by atoms with Crippen molar-refractivity contribution >= 4 is 5.97 Å². The average molecular weight is 1090 g/mol. The van der Waals surface area contributed by atoms with Crippen molar-refractivity contribution in [1.82, 2.24) is 0 Å². The topological polar surface area (TPSA) is 214 Å². The summed E-state index contributed by atoms with van der Waals surface area (Å²) in [7, 11) is 0. The molecule has 77 heavy (non-hydrogen) atoms. The minimum absolute atomic E-state index is 0.0420. The molecule has 2 saturated heterocycles. The number of aliphatic hydroxyl groups excluding tert-OH is 7. The van der Waals surface area contributed by atoms with Crippen LogP contribution in [0.5, 0.6) is 0 Å². The van der Waals surface area contributed by atoms with Crippen LogP contribution in [0.4, 0.5) is 0 Å². The van der Waals surface area contributed by atoms with Gasteiger partial charge in [0.1, 0.15) is 54.9 Å². The highest BCUT2D eigenvalue weighted by atomic mass is 16.7. The number of hydrogen-bond donors (Lipinski definition) is 7. The molecule has 7 N–H and O–H groups in total. The first-order valence-electron chi connectivity index (χ1n) is 29.5. The molecule has 0 radical (unpaired) electrons. The van der Waals surface area contributed by atoms with Gasteiger partial charge >= 0.3 is 5.97 Å². The lowest BCUT2D eigenvalue weighted by molar-refractivity contribution is -0.332. The van der Waals surface area contributed by atoms with Gasteiger partial charge < -0.3 is 64.2 Å². The Labute approximate surface area is 464 Å². The fourth-order valence-corrected chi connectivity index (χ4v) is 8.60. The number of carbonyl (C=O) groups excluding carboxylic acids is 1. The molecule has 0 aliphatic carbocycles. The molecule has 2 aliphatic heterocycles. The van der Waals surface area contributed by atoms with E-state index in [1.807, 2.05) is 0 Å². The molecule has 0 saturated carbocycles. The predicted octanol–water partition coefficient (Wildman–Crippen LogP) is 10.7. The number of aliphatic hydroxyl groups is 7. The van der Waals surface area contributed by atoms with Crippen molar-refractivity contribution in [2.45, 2.75) is 248 Å². The van der Waals surface area contributed by atoms with Crippen molar-refractivity contribution in [2.24, 2.45) is 0 Å². The molecule has 14 nitrogen and oxygen atoms in total. The summed E-state index contributed by atoms with van der Waals surface area (Å²) in [5.74, 6) is -0.396. The van der Waals surface area contributed by atoms with Gasteiger partial charge in [-0.1, -0.05) is 187 Å². The predicted molar refractivity (Wildman–Crippen MR) is 307 cm³/mol. The fraction of sp³-hybridized carbons (Fsp3) is 0.698. The minimum atomic E-state index is -1.72. The lowest BCUT2D eigenvalue weighted by Crippen LogP contribution is -2.61. The summed E-state index contributed by atoms with van der Waals surface area (Å²) in [4.78, 5) is 13.1. The molecule has 0 spiro atoms. The van der Waals surface area contributed by atoms with Crippen LogP contribution in [-0.4, -0.2) is 142 Å². The summed E-state index contributed by atoms with van der Waals surface area (Å²) in [6.45, 7) is 3.41. The molecule has 0 aromatic rings. The van der Waals surface area contributed by atoms with E-state index in [-0.39, 0.29) is 19.6 Å². The Morgan fingerprint density at radius 1 is 0.429 bits per heavy atom. The number of carbonyl (C=O) groups is 1. The first kappa shape index (κ1) is 69.8. The van der Waals surface area contributed by atoms with Crippen molar-refractivity contribution in [1.29, 1.82) is 0 Å². The second kappa shape index (κ2) is 48.5. The second-order valence-corrected chi connectivity index (χ2v) is 20.1. The summed E-state index contributed by atoms with van der Waals surface area (Å²) in [6.07, 6.45) is 49.9. The van der Waals surface area contributed by atoms with Gasteiger partial charge in [0.25, 0.3) is 0 Å². The van der Waals surface area contributed by atoms with E-state index in [4.69, 9.17) is 28.4 Å². The third kappa shape index (κ3) is 35.1. The quantitative estimate of drug-likeness (QED) is 0.0172. The highest BCUT2D eigenvalue weighted by Gasteiger charge is 2.47. The van der Waals surface area contributed by atoms with Gasteiger partial charge in [0, 0.05) is 13.0 Å². The Hall–Kier alpha value is -3.35. The zero-order chi connectivity index (χ0) is 55.8. The zero-order valence-corrected chi connectivity index (χ0v) is 47.2. The van der Waals surface area contributed by atoms with Crippen molar-refractivity contribution in [2.75, 3.05) is 33.0 Å². The summed E-state index contributed by atoms with van der Waals surface area (Å²) in [6, 6.07) is 0. The molecule has 2 rings (SSSR count). The van der Waals surface area contributed by atoms with E-state index in [1.165, 1.54) is 25.7 Å². The maximum absolute atomic E-state index is 13.1. The lowest BCUT2D eigenvalue weighted by atomic mass is 9.98. The van der Waals surface area contributed by atoms with Gasteiger partial charge in [-0.05, 0) is 96.3 Å². The first-order valence-corrected chi connectivity index (χ1v) is 29.5. The van der Waals surface area contributed by atoms with Gasteiger partial charge in [-0.15, -0.1) is 0 Å². The number of ether oxygens (including phenoxy) is 6. The number of hydrogen-bond acceptors (Lipinski definition) is 14. The SMILES string of the molecule is CC/C=C\C/C=C\C/C=C\C/C=C\C/C=C\CCCCCCCCCC(=O)OC(COCCCCCCCCC/C=C\C/C=C\C/C=C\C/C=C\CC)COC1OC(COC2OC(CO)C(O)C(O)C2O)C(O)C(O)C1O. The van der Waals surface area contributed by atoms with E-state index in [0.717, 1.165) is 128 Å². The van der Waals surface area contributed by atoms with Gasteiger partial charge in [0.2, 0.25) is 0 Å². The largest absolute Gasteiger partial charge is 0.457 e. The molecule has 440 valence electrons. The maximum Gasteiger partial charge on any atom is 0.306 e. The molecule has 0 amide bonds. The molecular weight excluding hydrogens is 981 g/mol. The van der Waals surface area contributed by atoms with Crippen LogP contribution < -0.4 is 0 Å². The van der Waals surface area contributed by atoms with Crippen molar-refractivity contribution in [3.63, 3.8) is 0 Å². The maximum atomic E-state index is 13.1. The second-order valence-electron chi connectivity index (χ2n) is 20.1. The van der Waals surface area contributed by atoms with Crippen LogP contribution in [0, 0.1) is 0 Å². The third-order valence-electron chi connectivity index (χ3n) is 13.3. The Morgan fingerprint density at radius 2 is 0.805 bits per heavy atom. The molecular formula is C63H104O14. The fourth-order valence-electron chi connectivity index (χ4n) is 8.60. The molecule has 0 aromatic heterocycles. The molecule has 2 aliphatic rings. The Balaban J connectivity index is 1.73. The van der Waals surface area contributed by atoms with E-state index < -0.39 is 86.7 Å². The normalized spacial score (nSPS) is 25.1. The van der Waals surface area contributed by atoms with Crippen LogP contribution in [0.1, 0.15) is 181 Å². The number of rotatable bonds is 46. The van der Waals surface area contributed by atoms with Crippen LogP contribution in [0.15, 0.2) is 109 Å². The van der Waals surface area contributed by atoms with E-state index in [0.29, 0.717) is 13.0 Å². The van der Waals surface area contributed by atoms with E-state index >= 15 is 0 Å². The number of unbranched alkanes of at least 4 members (excludes halogenated alkanes) is 14. The van der Waals surface area contributed by atoms with Gasteiger partial charge in [-0.25, -0.2) is 0 Å². The molecule has 11 unspecified atom stereocenters. The summed E-state index contributed by atoms with van der Waals surface area (Å²) in [5, 5.41) is 72.4. The highest BCUT2D eigenvalue weighted by molar-refractivity contribution is 5.69. The standard InChI is InChI=1S/C63H104O14/c1-3-5-7-9-11-13-15-17-19-21-23-25-26-27-28-30-32-34-36-38-40-42-44-46-55(65)75-52(49-72-47-45-43-41-39-37-35-33-31-29-24-22-20-18-16-14-12-10-8-6-4-2)50-73-62-61(71)59(69)57(67)54(77-62)51-74-63-60(70)58(68)56(66)53(48-64)76-63/h5-8,11-14,17-20,23-25,27-29,52-54,56-64,66-71H,3-4,9-10,15-16,21-22,26,30-51H2,1-2H3/b7-5-,8-6-,13-11-,14-12-,19-17-,20-18-,25-23-,28-27-,29-24-. The minimum Gasteiger partial charge on any atom is -0.457 e. The first-order chi connectivity index (χ1) is 37.6. The van der Waals surface area contributed by atoms with Crippen LogP contribution in [0.3, 0.4) is 0 Å². The Kier molecular flexibility index (Phi) is 44.0. The summed E-state index contributed by atoms with van der Waals surface area (Å²) in [5.41, 5.74) is 0. The van der Waals surface area contributed by atoms with E-state index in [9.17, 15) is 40.5 Å². The molecule has 2 heterocycles. The average Bonchev–Trinajstić information content (AvgIpc) is 3.43. The van der Waals surface area contributed by atoms with Crippen LogP contribution in [0.25, 0.3) is 0 Å². The van der Waals surface area contributed by atoms with Gasteiger partial charge in [-0.2, -0.15) is 0 Å². The van der Waals surface area contributed by atoms with Crippen molar-refractivity contribution in [3.8, 4) is 0 Å². The Morgan fingerprint density at radius 3 is 1.26 bits per heavy atom. The monoisotopic (exact) mass is 1080 g/mol. The van der Waals surface area contributed by atoms with Gasteiger partial charge in [0.05, 0.1) is 26.4 Å². The van der Waals surface area contributed by atoms with Crippen molar-refractivity contribution in [3.05, 3.63) is 109 Å². The van der Waals surface area contributed by atoms with E-state index in [1.54, 1.807) is 0 Å². The molecule has 2 fully saturated rings. The van der Waals surface area contributed by atoms with Crippen molar-refractivity contribution < 1.29 is 69.0 Å². The summed E-state index contributed by atoms with van der Waals surface area (Å²) >= 11 is 0. The zero-order valence-electron chi connectivity index (χ0n) is 47.2. The third-order valence-corrected chi connectivity index (χ3v) is 13.3. The van der Waals surface area contributed by atoms with Gasteiger partial charge in [-0.3, -0.25) is 4.79 Å². The molecule has 0 bridgehead atoms. The van der Waals surface area contributed by atoms with Gasteiger partial charge in [0.15, 0.2) is 12.6 Å². The van der Waals surface area contributed by atoms with Crippen LogP contribution in [-0.2, 0) is 33.2 Å². The number of allylic oxidation sites excluding steroid dienone is 18.